The van der Waals surface area contributed by atoms with Crippen LogP contribution in [0.1, 0.15) is 44.7 Å². The SMILES string of the molecule is CCC(C)NC(=O)C(CC)N(CCc1ccccc1)C(=O)CN(c1cc(Cl)ccc1C)S(=O)(=O)c1ccccc1. The zero-order valence-corrected chi connectivity index (χ0v) is 25.1. The molecule has 2 unspecified atom stereocenters. The van der Waals surface area contributed by atoms with E-state index in [-0.39, 0.29) is 23.4 Å². The van der Waals surface area contributed by atoms with E-state index in [4.69, 9.17) is 11.6 Å². The summed E-state index contributed by atoms with van der Waals surface area (Å²) in [5.41, 5.74) is 1.97. The second-order valence-electron chi connectivity index (χ2n) is 9.82. The van der Waals surface area contributed by atoms with Crippen molar-refractivity contribution in [1.29, 1.82) is 0 Å². The minimum atomic E-state index is -4.14. The molecule has 0 radical (unpaired) electrons. The molecule has 214 valence electrons. The standard InChI is InChI=1S/C31H38ClN3O4S/c1-5-24(4)33-31(37)28(6-2)34(20-19-25-13-9-7-10-14-25)30(36)22-35(29-21-26(32)18-17-23(29)3)40(38,39)27-15-11-8-12-16-27/h7-18,21,24,28H,5-6,19-20,22H2,1-4H3,(H,33,37). The summed E-state index contributed by atoms with van der Waals surface area (Å²) in [6, 6.07) is 21.8. The summed E-state index contributed by atoms with van der Waals surface area (Å²) >= 11 is 6.28. The molecule has 7 nitrogen and oxygen atoms in total. The molecule has 3 rings (SSSR count). The maximum absolute atomic E-state index is 14.1. The van der Waals surface area contributed by atoms with Gasteiger partial charge in [0.25, 0.3) is 10.0 Å². The van der Waals surface area contributed by atoms with Gasteiger partial charge in [-0.15, -0.1) is 0 Å². The van der Waals surface area contributed by atoms with Crippen LogP contribution >= 0.6 is 11.6 Å². The van der Waals surface area contributed by atoms with E-state index < -0.39 is 28.5 Å². The van der Waals surface area contributed by atoms with Crippen LogP contribution in [0.3, 0.4) is 0 Å². The fourth-order valence-electron chi connectivity index (χ4n) is 4.42. The van der Waals surface area contributed by atoms with Crippen LogP contribution in [0.5, 0.6) is 0 Å². The summed E-state index contributed by atoms with van der Waals surface area (Å²) in [6.07, 6.45) is 1.64. The van der Waals surface area contributed by atoms with Gasteiger partial charge in [0.2, 0.25) is 11.8 Å². The first-order valence-corrected chi connectivity index (χ1v) is 15.4. The summed E-state index contributed by atoms with van der Waals surface area (Å²) in [6.45, 7) is 7.28. The quantitative estimate of drug-likeness (QED) is 0.283. The number of nitrogens with zero attached hydrogens (tertiary/aromatic N) is 2. The van der Waals surface area contributed by atoms with E-state index in [1.165, 1.54) is 17.0 Å². The number of carbonyl (C=O) groups is 2. The summed E-state index contributed by atoms with van der Waals surface area (Å²) < 4.78 is 28.9. The predicted octanol–water partition coefficient (Wildman–Crippen LogP) is 5.61. The van der Waals surface area contributed by atoms with Crippen LogP contribution in [0.25, 0.3) is 0 Å². The van der Waals surface area contributed by atoms with Crippen LogP contribution in [0.2, 0.25) is 5.02 Å². The largest absolute Gasteiger partial charge is 0.352 e. The summed E-state index contributed by atoms with van der Waals surface area (Å²) in [5.74, 6) is -0.726. The topological polar surface area (TPSA) is 86.8 Å². The second-order valence-corrected chi connectivity index (χ2v) is 12.1. The average Bonchev–Trinajstić information content (AvgIpc) is 2.95. The van der Waals surface area contributed by atoms with E-state index >= 15 is 0 Å². The maximum Gasteiger partial charge on any atom is 0.264 e. The van der Waals surface area contributed by atoms with E-state index in [1.54, 1.807) is 43.3 Å². The number of amides is 2. The number of sulfonamides is 1. The molecule has 40 heavy (non-hydrogen) atoms. The molecule has 0 heterocycles. The van der Waals surface area contributed by atoms with Crippen LogP contribution < -0.4 is 9.62 Å². The third kappa shape index (κ3) is 7.86. The third-order valence-electron chi connectivity index (χ3n) is 6.92. The molecule has 0 aliphatic heterocycles. The molecule has 0 fully saturated rings. The Morgan fingerprint density at radius 1 is 0.925 bits per heavy atom. The zero-order chi connectivity index (χ0) is 29.3. The minimum Gasteiger partial charge on any atom is -0.352 e. The Morgan fingerprint density at radius 3 is 2.15 bits per heavy atom. The first-order chi connectivity index (χ1) is 19.1. The lowest BCUT2D eigenvalue weighted by atomic mass is 10.1. The number of halogens is 1. The molecule has 0 spiro atoms. The molecule has 3 aromatic rings. The molecule has 2 amide bonds. The monoisotopic (exact) mass is 583 g/mol. The first kappa shape index (κ1) is 31.2. The van der Waals surface area contributed by atoms with Crippen LogP contribution in [-0.4, -0.2) is 50.3 Å². The van der Waals surface area contributed by atoms with Gasteiger partial charge in [0.1, 0.15) is 12.6 Å². The van der Waals surface area contributed by atoms with Crippen molar-refractivity contribution in [3.63, 3.8) is 0 Å². The Morgan fingerprint density at radius 2 is 1.55 bits per heavy atom. The molecule has 0 saturated heterocycles. The summed E-state index contributed by atoms with van der Waals surface area (Å²) in [4.78, 5) is 29.0. The van der Waals surface area contributed by atoms with Gasteiger partial charge in [-0.05, 0) is 68.5 Å². The van der Waals surface area contributed by atoms with Gasteiger partial charge in [0, 0.05) is 17.6 Å². The van der Waals surface area contributed by atoms with Crippen molar-refractivity contribution in [2.75, 3.05) is 17.4 Å². The van der Waals surface area contributed by atoms with Crippen molar-refractivity contribution in [3.8, 4) is 0 Å². The Kier molecular flexibility index (Phi) is 11.2. The van der Waals surface area contributed by atoms with Gasteiger partial charge in [-0.3, -0.25) is 13.9 Å². The van der Waals surface area contributed by atoms with E-state index in [0.29, 0.717) is 29.1 Å². The molecule has 1 N–H and O–H groups in total. The van der Waals surface area contributed by atoms with Crippen molar-refractivity contribution in [3.05, 3.63) is 95.0 Å². The summed E-state index contributed by atoms with van der Waals surface area (Å²) in [5, 5.41) is 3.34. The number of anilines is 1. The number of nitrogens with one attached hydrogen (secondary N) is 1. The molecule has 0 aliphatic rings. The van der Waals surface area contributed by atoms with E-state index in [9.17, 15) is 18.0 Å². The Bertz CT molecular complexity index is 1380. The molecular formula is C31H38ClN3O4S. The fourth-order valence-corrected chi connectivity index (χ4v) is 6.08. The van der Waals surface area contributed by atoms with Crippen molar-refractivity contribution < 1.29 is 18.0 Å². The molecule has 0 bridgehead atoms. The minimum absolute atomic E-state index is 0.0552. The van der Waals surface area contributed by atoms with E-state index in [0.717, 1.165) is 16.3 Å². The maximum atomic E-state index is 14.1. The molecule has 0 aromatic heterocycles. The van der Waals surface area contributed by atoms with E-state index in [1.807, 2.05) is 51.1 Å². The molecule has 3 aromatic carbocycles. The fraction of sp³-hybridized carbons (Fsp3) is 0.355. The number of carbonyl (C=O) groups excluding carboxylic acids is 2. The lowest BCUT2D eigenvalue weighted by molar-refractivity contribution is -0.139. The van der Waals surface area contributed by atoms with E-state index in [2.05, 4.69) is 5.32 Å². The number of benzene rings is 3. The highest BCUT2D eigenvalue weighted by atomic mass is 35.5. The van der Waals surface area contributed by atoms with Crippen LogP contribution in [0.15, 0.2) is 83.8 Å². The molecule has 9 heteroatoms. The Labute approximate surface area is 243 Å². The van der Waals surface area contributed by atoms with Crippen molar-refractivity contribution in [2.45, 2.75) is 63.9 Å². The number of aryl methyl sites for hydroxylation is 1. The number of rotatable bonds is 13. The lowest BCUT2D eigenvalue weighted by Gasteiger charge is -2.34. The smallest absolute Gasteiger partial charge is 0.264 e. The van der Waals surface area contributed by atoms with Gasteiger partial charge >= 0.3 is 0 Å². The highest BCUT2D eigenvalue weighted by molar-refractivity contribution is 7.92. The number of hydrogen-bond donors (Lipinski definition) is 1. The number of hydrogen-bond acceptors (Lipinski definition) is 4. The van der Waals surface area contributed by atoms with Gasteiger partial charge in [-0.2, -0.15) is 0 Å². The highest BCUT2D eigenvalue weighted by Crippen LogP contribution is 2.30. The molecule has 2 atom stereocenters. The van der Waals surface area contributed by atoms with Crippen LogP contribution in [0.4, 0.5) is 5.69 Å². The van der Waals surface area contributed by atoms with Gasteiger partial charge in [-0.1, -0.05) is 80.0 Å². The van der Waals surface area contributed by atoms with Gasteiger partial charge in [0.05, 0.1) is 10.6 Å². The lowest BCUT2D eigenvalue weighted by Crippen LogP contribution is -2.54. The average molecular weight is 584 g/mol. The summed E-state index contributed by atoms with van der Waals surface area (Å²) in [7, 11) is -4.14. The van der Waals surface area contributed by atoms with Crippen molar-refractivity contribution in [1.82, 2.24) is 10.2 Å². The second kappa shape index (κ2) is 14.3. The Balaban J connectivity index is 2.04. The highest BCUT2D eigenvalue weighted by Gasteiger charge is 2.34. The molecular weight excluding hydrogens is 546 g/mol. The van der Waals surface area contributed by atoms with Gasteiger partial charge in [0.15, 0.2) is 0 Å². The normalized spacial score (nSPS) is 12.8. The zero-order valence-electron chi connectivity index (χ0n) is 23.5. The molecule has 0 aliphatic carbocycles. The van der Waals surface area contributed by atoms with Gasteiger partial charge < -0.3 is 10.2 Å². The van der Waals surface area contributed by atoms with Crippen LogP contribution in [0, 0.1) is 6.92 Å². The Hall–Kier alpha value is -3.36. The van der Waals surface area contributed by atoms with Crippen molar-refractivity contribution in [2.24, 2.45) is 0 Å². The van der Waals surface area contributed by atoms with Crippen LogP contribution in [-0.2, 0) is 26.0 Å². The van der Waals surface area contributed by atoms with Crippen molar-refractivity contribution >= 4 is 39.1 Å². The third-order valence-corrected chi connectivity index (χ3v) is 8.93. The molecule has 0 saturated carbocycles. The first-order valence-electron chi connectivity index (χ1n) is 13.6. The predicted molar refractivity (Wildman–Crippen MR) is 161 cm³/mol. The van der Waals surface area contributed by atoms with Gasteiger partial charge in [-0.25, -0.2) is 8.42 Å².